The van der Waals surface area contributed by atoms with Gasteiger partial charge in [0.05, 0.1) is 12.5 Å². The van der Waals surface area contributed by atoms with Crippen molar-refractivity contribution in [3.05, 3.63) is 29.3 Å². The van der Waals surface area contributed by atoms with E-state index in [0.717, 1.165) is 12.0 Å². The molecule has 1 aromatic carbocycles. The molecule has 0 spiro atoms. The average molecular weight is 291 g/mol. The van der Waals surface area contributed by atoms with Crippen LogP contribution >= 0.6 is 0 Å². The highest BCUT2D eigenvalue weighted by atomic mass is 16.5. The number of fused-ring (bicyclic) bond motifs is 1. The number of amides is 1. The van der Waals surface area contributed by atoms with Crippen molar-refractivity contribution in [2.24, 2.45) is 5.41 Å². The molecule has 0 radical (unpaired) electrons. The summed E-state index contributed by atoms with van der Waals surface area (Å²) in [6.07, 6.45) is 0.748. The van der Waals surface area contributed by atoms with Gasteiger partial charge in [-0.05, 0) is 44.9 Å². The van der Waals surface area contributed by atoms with Crippen molar-refractivity contribution < 1.29 is 19.1 Å². The lowest BCUT2D eigenvalue weighted by Crippen LogP contribution is -2.40. The Bertz CT molecular complexity index is 560. The average Bonchev–Trinajstić information content (AvgIpc) is 2.45. The van der Waals surface area contributed by atoms with Crippen LogP contribution in [0.25, 0.3) is 0 Å². The number of hydrogen-bond donors (Lipinski definition) is 0. The molecular formula is C16H21NO4. The first-order valence-electron chi connectivity index (χ1n) is 6.96. The lowest BCUT2D eigenvalue weighted by Gasteiger charge is -2.29. The van der Waals surface area contributed by atoms with Gasteiger partial charge >= 0.3 is 5.97 Å². The minimum atomic E-state index is -0.569. The third kappa shape index (κ3) is 3.35. The van der Waals surface area contributed by atoms with E-state index >= 15 is 0 Å². The second kappa shape index (κ2) is 5.76. The lowest BCUT2D eigenvalue weighted by molar-refractivity contribution is -0.156. The van der Waals surface area contributed by atoms with Gasteiger partial charge in [0, 0.05) is 12.1 Å². The van der Waals surface area contributed by atoms with E-state index in [0.29, 0.717) is 17.9 Å². The monoisotopic (exact) mass is 291 g/mol. The van der Waals surface area contributed by atoms with Crippen LogP contribution in [0.4, 0.5) is 0 Å². The minimum absolute atomic E-state index is 0.00835. The summed E-state index contributed by atoms with van der Waals surface area (Å²) < 4.78 is 10.4. The molecule has 1 aliphatic heterocycles. The molecule has 0 fully saturated rings. The number of nitrogens with zero attached hydrogens (tertiary/aromatic N) is 1. The largest absolute Gasteiger partial charge is 0.497 e. The number of ether oxygens (including phenoxy) is 2. The Morgan fingerprint density at radius 3 is 2.67 bits per heavy atom. The quantitative estimate of drug-likeness (QED) is 0.801. The van der Waals surface area contributed by atoms with Gasteiger partial charge in [0.1, 0.15) is 5.75 Å². The molecule has 5 heteroatoms. The Kier molecular flexibility index (Phi) is 4.21. The molecule has 0 unspecified atom stereocenters. The Hall–Kier alpha value is -2.04. The van der Waals surface area contributed by atoms with Crippen LogP contribution in [0.5, 0.6) is 5.75 Å². The summed E-state index contributed by atoms with van der Waals surface area (Å²) in [4.78, 5) is 25.8. The van der Waals surface area contributed by atoms with Crippen LogP contribution in [0.3, 0.4) is 0 Å². The molecular weight excluding hydrogens is 270 g/mol. The summed E-state index contributed by atoms with van der Waals surface area (Å²) >= 11 is 0. The standard InChI is InChI=1S/C16H21NO4/c1-16(2,3)15(19)21-10-17-8-7-11-5-6-12(20-4)9-13(11)14(17)18/h5-6,9H,7-8,10H2,1-4H3. The maximum atomic E-state index is 12.4. The molecule has 0 saturated carbocycles. The fourth-order valence-electron chi connectivity index (χ4n) is 2.10. The fraction of sp³-hybridized carbons (Fsp3) is 0.500. The van der Waals surface area contributed by atoms with Crippen LogP contribution in [0.2, 0.25) is 0 Å². The fourth-order valence-corrected chi connectivity index (χ4v) is 2.10. The number of hydrogen-bond acceptors (Lipinski definition) is 4. The number of carbonyl (C=O) groups is 2. The van der Waals surface area contributed by atoms with E-state index in [1.54, 1.807) is 38.8 Å². The third-order valence-electron chi connectivity index (χ3n) is 3.45. The Morgan fingerprint density at radius 1 is 1.33 bits per heavy atom. The normalized spacial score (nSPS) is 14.7. The van der Waals surface area contributed by atoms with Crippen LogP contribution in [-0.2, 0) is 16.0 Å². The molecule has 21 heavy (non-hydrogen) atoms. The minimum Gasteiger partial charge on any atom is -0.497 e. The van der Waals surface area contributed by atoms with Crippen molar-refractivity contribution in [1.29, 1.82) is 0 Å². The molecule has 1 heterocycles. The van der Waals surface area contributed by atoms with Crippen LogP contribution in [0, 0.1) is 5.41 Å². The first-order chi connectivity index (χ1) is 9.82. The number of methoxy groups -OCH3 is 1. The van der Waals surface area contributed by atoms with Crippen LogP contribution in [0.1, 0.15) is 36.7 Å². The maximum absolute atomic E-state index is 12.4. The van der Waals surface area contributed by atoms with Gasteiger partial charge in [-0.3, -0.25) is 9.59 Å². The van der Waals surface area contributed by atoms with Crippen molar-refractivity contribution >= 4 is 11.9 Å². The summed E-state index contributed by atoms with van der Waals surface area (Å²) in [5.41, 5.74) is 1.05. The van der Waals surface area contributed by atoms with E-state index in [1.807, 2.05) is 12.1 Å². The van der Waals surface area contributed by atoms with Gasteiger partial charge in [-0.1, -0.05) is 6.07 Å². The van der Waals surface area contributed by atoms with Gasteiger partial charge < -0.3 is 14.4 Å². The van der Waals surface area contributed by atoms with E-state index < -0.39 is 5.41 Å². The molecule has 5 nitrogen and oxygen atoms in total. The SMILES string of the molecule is COc1ccc2c(c1)C(=O)N(COC(=O)C(C)(C)C)CC2. The molecule has 0 N–H and O–H groups in total. The van der Waals surface area contributed by atoms with E-state index in [2.05, 4.69) is 0 Å². The van der Waals surface area contributed by atoms with Crippen molar-refractivity contribution in [2.75, 3.05) is 20.4 Å². The van der Waals surface area contributed by atoms with Crippen molar-refractivity contribution in [1.82, 2.24) is 4.90 Å². The summed E-state index contributed by atoms with van der Waals surface area (Å²) in [6, 6.07) is 5.49. The highest BCUT2D eigenvalue weighted by molar-refractivity contribution is 5.97. The Balaban J connectivity index is 2.08. The highest BCUT2D eigenvalue weighted by Gasteiger charge is 2.28. The van der Waals surface area contributed by atoms with Crippen molar-refractivity contribution in [3.63, 3.8) is 0 Å². The molecule has 1 aromatic rings. The van der Waals surface area contributed by atoms with E-state index in [4.69, 9.17) is 9.47 Å². The lowest BCUT2D eigenvalue weighted by atomic mass is 9.97. The van der Waals surface area contributed by atoms with Crippen LogP contribution < -0.4 is 4.74 Å². The van der Waals surface area contributed by atoms with Crippen molar-refractivity contribution in [3.8, 4) is 5.75 Å². The number of esters is 1. The molecule has 2 rings (SSSR count). The summed E-state index contributed by atoms with van der Waals surface area (Å²) in [7, 11) is 1.57. The Labute approximate surface area is 124 Å². The van der Waals surface area contributed by atoms with Crippen LogP contribution in [-0.4, -0.2) is 37.2 Å². The molecule has 0 aliphatic carbocycles. The Morgan fingerprint density at radius 2 is 2.05 bits per heavy atom. The molecule has 0 atom stereocenters. The number of rotatable bonds is 3. The first-order valence-corrected chi connectivity index (χ1v) is 6.96. The van der Waals surface area contributed by atoms with E-state index in [1.165, 1.54) is 0 Å². The van der Waals surface area contributed by atoms with Gasteiger partial charge in [0.2, 0.25) is 0 Å². The number of carbonyl (C=O) groups excluding carboxylic acids is 2. The molecule has 114 valence electrons. The topological polar surface area (TPSA) is 55.8 Å². The van der Waals surface area contributed by atoms with Crippen molar-refractivity contribution in [2.45, 2.75) is 27.2 Å². The second-order valence-electron chi connectivity index (χ2n) is 6.15. The summed E-state index contributed by atoms with van der Waals surface area (Å²) in [6.45, 7) is 5.90. The maximum Gasteiger partial charge on any atom is 0.312 e. The smallest absolute Gasteiger partial charge is 0.312 e. The van der Waals surface area contributed by atoms with Gasteiger partial charge in [0.25, 0.3) is 5.91 Å². The zero-order valence-corrected chi connectivity index (χ0v) is 12.9. The molecule has 0 bridgehead atoms. The molecule has 0 aromatic heterocycles. The van der Waals surface area contributed by atoms with E-state index in [-0.39, 0.29) is 18.6 Å². The molecule has 1 amide bonds. The third-order valence-corrected chi connectivity index (χ3v) is 3.45. The van der Waals surface area contributed by atoms with Gasteiger partial charge in [-0.25, -0.2) is 0 Å². The predicted octanol–water partition coefficient (Wildman–Crippen LogP) is 2.24. The van der Waals surface area contributed by atoms with Gasteiger partial charge in [-0.2, -0.15) is 0 Å². The van der Waals surface area contributed by atoms with Gasteiger partial charge in [-0.15, -0.1) is 0 Å². The zero-order chi connectivity index (χ0) is 15.6. The zero-order valence-electron chi connectivity index (χ0n) is 12.9. The summed E-state index contributed by atoms with van der Waals surface area (Å²) in [5.74, 6) is 0.208. The predicted molar refractivity (Wildman–Crippen MR) is 78.1 cm³/mol. The number of benzene rings is 1. The van der Waals surface area contributed by atoms with E-state index in [9.17, 15) is 9.59 Å². The van der Waals surface area contributed by atoms with Gasteiger partial charge in [0.15, 0.2) is 6.73 Å². The van der Waals surface area contributed by atoms with Crippen LogP contribution in [0.15, 0.2) is 18.2 Å². The second-order valence-corrected chi connectivity index (χ2v) is 6.15. The molecule has 0 saturated heterocycles. The summed E-state index contributed by atoms with van der Waals surface area (Å²) in [5, 5.41) is 0. The highest BCUT2D eigenvalue weighted by Crippen LogP contribution is 2.24. The molecule has 1 aliphatic rings. The first kappa shape index (κ1) is 15.4.